The van der Waals surface area contributed by atoms with Crippen molar-refractivity contribution in [3.8, 4) is 0 Å². The lowest BCUT2D eigenvalue weighted by atomic mass is 10.1. The number of hydrazone groups is 1. The molecule has 0 atom stereocenters. The van der Waals surface area contributed by atoms with Crippen LogP contribution >= 0.6 is 34.7 Å². The summed E-state index contributed by atoms with van der Waals surface area (Å²) in [6.07, 6.45) is 3.26. The van der Waals surface area contributed by atoms with E-state index in [1.807, 2.05) is 18.2 Å². The summed E-state index contributed by atoms with van der Waals surface area (Å²) in [5, 5.41) is 4.90. The normalized spacial score (nSPS) is 11.3. The summed E-state index contributed by atoms with van der Waals surface area (Å²) in [5.41, 5.74) is 4.09. The highest BCUT2D eigenvalue weighted by Gasteiger charge is 2.11. The minimum Gasteiger partial charge on any atom is -0.268 e. The van der Waals surface area contributed by atoms with Crippen molar-refractivity contribution in [3.05, 3.63) is 69.4 Å². The molecule has 1 aromatic carbocycles. The number of thiophene rings is 1. The molecule has 114 valence electrons. The number of thioether (sulfide) groups is 1. The fourth-order valence-corrected chi connectivity index (χ4v) is 3.66. The van der Waals surface area contributed by atoms with Gasteiger partial charge in [-0.2, -0.15) is 16.9 Å². The summed E-state index contributed by atoms with van der Waals surface area (Å²) >= 11 is 9.37. The van der Waals surface area contributed by atoms with Gasteiger partial charge in [0, 0.05) is 21.2 Å². The van der Waals surface area contributed by atoms with E-state index < -0.39 is 0 Å². The molecule has 0 radical (unpaired) electrons. The van der Waals surface area contributed by atoms with E-state index >= 15 is 0 Å². The van der Waals surface area contributed by atoms with E-state index in [9.17, 15) is 4.79 Å². The fraction of sp³-hybridized carbons (Fsp3) is 0.125. The number of rotatable bonds is 6. The zero-order valence-corrected chi connectivity index (χ0v) is 14.4. The van der Waals surface area contributed by atoms with Gasteiger partial charge in [0.15, 0.2) is 0 Å². The van der Waals surface area contributed by atoms with Gasteiger partial charge in [-0.1, -0.05) is 30.3 Å². The second-order valence-electron chi connectivity index (χ2n) is 4.35. The number of nitrogens with zero attached hydrogens (tertiary/aromatic N) is 1. The largest absolute Gasteiger partial charge is 0.268 e. The van der Waals surface area contributed by atoms with Crippen LogP contribution in [-0.4, -0.2) is 17.9 Å². The van der Waals surface area contributed by atoms with Gasteiger partial charge in [-0.3, -0.25) is 4.79 Å². The second-order valence-corrected chi connectivity index (χ2v) is 6.82. The summed E-state index contributed by atoms with van der Waals surface area (Å²) < 4.78 is 0. The average Bonchev–Trinajstić information content (AvgIpc) is 2.97. The Labute approximate surface area is 143 Å². The molecular weight excluding hydrogens is 336 g/mol. The summed E-state index contributed by atoms with van der Waals surface area (Å²) in [7, 11) is 0. The van der Waals surface area contributed by atoms with Crippen LogP contribution in [0.1, 0.15) is 15.3 Å². The van der Waals surface area contributed by atoms with E-state index in [2.05, 4.69) is 29.4 Å². The lowest BCUT2D eigenvalue weighted by Gasteiger charge is -2.05. The van der Waals surface area contributed by atoms with E-state index in [1.54, 1.807) is 35.2 Å². The first kappa shape index (κ1) is 16.8. The summed E-state index contributed by atoms with van der Waals surface area (Å²) in [6, 6.07) is 11.5. The average molecular weight is 351 g/mol. The smallest absolute Gasteiger partial charge is 0.263 e. The molecular formula is C16H15ClN2OS2. The SMILES string of the molecule is C=CC(=O)NN=C(c1ccc(Cl)cc1)c1ccc(CSC)s1. The highest BCUT2D eigenvalue weighted by atomic mass is 35.5. The first-order chi connectivity index (χ1) is 10.6. The molecule has 0 saturated heterocycles. The maximum atomic E-state index is 11.4. The third-order valence-electron chi connectivity index (χ3n) is 2.76. The van der Waals surface area contributed by atoms with Crippen LogP contribution in [0.4, 0.5) is 0 Å². The summed E-state index contributed by atoms with van der Waals surface area (Å²) in [6.45, 7) is 3.43. The molecule has 22 heavy (non-hydrogen) atoms. The highest BCUT2D eigenvalue weighted by molar-refractivity contribution is 7.97. The van der Waals surface area contributed by atoms with E-state index in [1.165, 1.54) is 11.0 Å². The number of halogens is 1. The molecule has 6 heteroatoms. The molecule has 0 bridgehead atoms. The molecule has 0 spiro atoms. The predicted octanol–water partition coefficient (Wildman–Crippen LogP) is 4.32. The Morgan fingerprint density at radius 1 is 1.36 bits per heavy atom. The Kier molecular flexibility index (Phi) is 6.24. The van der Waals surface area contributed by atoms with Crippen LogP contribution in [0.3, 0.4) is 0 Å². The molecule has 1 heterocycles. The zero-order chi connectivity index (χ0) is 15.9. The summed E-state index contributed by atoms with van der Waals surface area (Å²) in [5.74, 6) is 0.616. The Bertz CT molecular complexity index is 692. The molecule has 1 aromatic heterocycles. The molecule has 2 aromatic rings. The van der Waals surface area contributed by atoms with Crippen molar-refractivity contribution >= 4 is 46.3 Å². The van der Waals surface area contributed by atoms with Crippen molar-refractivity contribution in [2.75, 3.05) is 6.26 Å². The number of benzene rings is 1. The number of carbonyl (C=O) groups excluding carboxylic acids is 1. The van der Waals surface area contributed by atoms with Gasteiger partial charge in [0.1, 0.15) is 5.71 Å². The molecule has 0 aliphatic carbocycles. The van der Waals surface area contributed by atoms with Crippen LogP contribution in [0.2, 0.25) is 5.02 Å². The quantitative estimate of drug-likeness (QED) is 0.479. The number of carbonyl (C=O) groups is 1. The Hall–Kier alpha value is -1.56. The van der Waals surface area contributed by atoms with Crippen LogP contribution < -0.4 is 5.43 Å². The van der Waals surface area contributed by atoms with Crippen molar-refractivity contribution in [1.29, 1.82) is 0 Å². The maximum absolute atomic E-state index is 11.4. The van der Waals surface area contributed by atoms with Gasteiger partial charge in [0.2, 0.25) is 0 Å². The third-order valence-corrected chi connectivity index (χ3v) is 4.89. The fourth-order valence-electron chi connectivity index (χ4n) is 1.75. The first-order valence-corrected chi connectivity index (χ1v) is 9.07. The van der Waals surface area contributed by atoms with E-state index in [0.29, 0.717) is 10.7 Å². The monoisotopic (exact) mass is 350 g/mol. The molecule has 0 aliphatic heterocycles. The number of amides is 1. The van der Waals surface area contributed by atoms with Crippen molar-refractivity contribution < 1.29 is 4.79 Å². The van der Waals surface area contributed by atoms with Gasteiger partial charge in [0.25, 0.3) is 5.91 Å². The van der Waals surface area contributed by atoms with Gasteiger partial charge in [-0.25, -0.2) is 5.43 Å². The van der Waals surface area contributed by atoms with Crippen molar-refractivity contribution in [2.45, 2.75) is 5.75 Å². The minimum absolute atomic E-state index is 0.340. The molecule has 3 nitrogen and oxygen atoms in total. The number of hydrogen-bond donors (Lipinski definition) is 1. The number of hydrogen-bond acceptors (Lipinski definition) is 4. The second kappa shape index (κ2) is 8.17. The molecule has 2 rings (SSSR count). The van der Waals surface area contributed by atoms with Gasteiger partial charge in [-0.15, -0.1) is 11.3 Å². The van der Waals surface area contributed by atoms with Crippen molar-refractivity contribution in [3.63, 3.8) is 0 Å². The van der Waals surface area contributed by atoms with Gasteiger partial charge < -0.3 is 0 Å². The molecule has 0 fully saturated rings. The standard InChI is InChI=1S/C16H15ClN2OS2/c1-3-15(20)18-19-16(11-4-6-12(17)7-5-11)14-9-8-13(22-14)10-21-2/h3-9H,1,10H2,2H3,(H,18,20). The Morgan fingerprint density at radius 2 is 2.09 bits per heavy atom. The van der Waals surface area contributed by atoms with Crippen molar-refractivity contribution in [1.82, 2.24) is 5.43 Å². The van der Waals surface area contributed by atoms with Gasteiger partial charge in [-0.05, 0) is 36.6 Å². The van der Waals surface area contributed by atoms with E-state index in [-0.39, 0.29) is 5.91 Å². The molecule has 1 N–H and O–H groups in total. The van der Waals surface area contributed by atoms with Crippen molar-refractivity contribution in [2.24, 2.45) is 5.10 Å². The third kappa shape index (κ3) is 4.47. The topological polar surface area (TPSA) is 41.5 Å². The molecule has 0 saturated carbocycles. The van der Waals surface area contributed by atoms with Gasteiger partial charge >= 0.3 is 0 Å². The number of nitrogens with one attached hydrogen (secondary N) is 1. The maximum Gasteiger partial charge on any atom is 0.263 e. The van der Waals surface area contributed by atoms with Gasteiger partial charge in [0.05, 0.1) is 4.88 Å². The minimum atomic E-state index is -0.340. The molecule has 1 amide bonds. The zero-order valence-electron chi connectivity index (χ0n) is 12.0. The van der Waals surface area contributed by atoms with Crippen LogP contribution in [0.15, 0.2) is 54.2 Å². The van der Waals surface area contributed by atoms with Crippen LogP contribution in [0.25, 0.3) is 0 Å². The van der Waals surface area contributed by atoms with Crippen LogP contribution in [0, 0.1) is 0 Å². The van der Waals surface area contributed by atoms with Crippen LogP contribution in [0.5, 0.6) is 0 Å². The molecule has 0 aliphatic rings. The highest BCUT2D eigenvalue weighted by Crippen LogP contribution is 2.24. The molecule has 0 unspecified atom stereocenters. The lowest BCUT2D eigenvalue weighted by Crippen LogP contribution is -2.17. The van der Waals surface area contributed by atoms with Crippen LogP contribution in [-0.2, 0) is 10.5 Å². The Morgan fingerprint density at radius 3 is 2.73 bits per heavy atom. The lowest BCUT2D eigenvalue weighted by molar-refractivity contribution is -0.116. The van der Waals surface area contributed by atoms with E-state index in [4.69, 9.17) is 11.6 Å². The van der Waals surface area contributed by atoms with E-state index in [0.717, 1.165) is 16.2 Å². The first-order valence-electron chi connectivity index (χ1n) is 6.48. The Balaban J connectivity index is 2.37. The summed E-state index contributed by atoms with van der Waals surface area (Å²) in [4.78, 5) is 13.6. The predicted molar refractivity (Wildman–Crippen MR) is 97.0 cm³/mol.